The molecule has 3 aromatic carbocycles. The molecule has 0 fully saturated rings. The second-order valence-corrected chi connectivity index (χ2v) is 7.49. The standard InChI is InChI=1S/C26H23N2.ClH/c1-20-12-14-21(15-13-20)17-27-16-6-7-22(18-27)19-28-25-10-4-2-8-23(25)24-9-3-5-11-26(24)28;/h2-16,18H,17,19H2,1H3;1H/q+1;/p-1. The van der Waals surface area contributed by atoms with E-state index in [4.69, 9.17) is 0 Å². The molecular formula is C26H23ClN2. The van der Waals surface area contributed by atoms with Crippen LogP contribution in [0.15, 0.2) is 97.3 Å². The minimum Gasteiger partial charge on any atom is -1.00 e. The average Bonchev–Trinajstić information content (AvgIpc) is 3.04. The first-order valence-corrected chi connectivity index (χ1v) is 9.77. The van der Waals surface area contributed by atoms with Crippen LogP contribution in [0.5, 0.6) is 0 Å². The minimum absolute atomic E-state index is 0. The van der Waals surface area contributed by atoms with Gasteiger partial charge in [0.15, 0.2) is 18.9 Å². The zero-order chi connectivity index (χ0) is 18.9. The van der Waals surface area contributed by atoms with Crippen molar-refractivity contribution < 1.29 is 17.0 Å². The fraction of sp³-hybridized carbons (Fsp3) is 0.115. The van der Waals surface area contributed by atoms with Crippen molar-refractivity contribution in [3.05, 3.63) is 114 Å². The Morgan fingerprint density at radius 2 is 1.31 bits per heavy atom. The fourth-order valence-corrected chi connectivity index (χ4v) is 4.03. The Balaban J connectivity index is 0.00000205. The van der Waals surface area contributed by atoms with Gasteiger partial charge in [-0.1, -0.05) is 66.2 Å². The quantitative estimate of drug-likeness (QED) is 0.411. The maximum Gasteiger partial charge on any atom is 0.174 e. The maximum atomic E-state index is 2.43. The van der Waals surface area contributed by atoms with Crippen LogP contribution in [0.1, 0.15) is 16.7 Å². The average molecular weight is 399 g/mol. The van der Waals surface area contributed by atoms with E-state index in [1.54, 1.807) is 0 Å². The third-order valence-electron chi connectivity index (χ3n) is 5.43. The molecule has 0 unspecified atom stereocenters. The van der Waals surface area contributed by atoms with Gasteiger partial charge in [-0.25, -0.2) is 4.57 Å². The topological polar surface area (TPSA) is 8.81 Å². The Hall–Kier alpha value is -3.10. The van der Waals surface area contributed by atoms with Crippen LogP contribution in [0, 0.1) is 6.92 Å². The van der Waals surface area contributed by atoms with Gasteiger partial charge >= 0.3 is 0 Å². The van der Waals surface area contributed by atoms with Gasteiger partial charge < -0.3 is 17.0 Å². The van der Waals surface area contributed by atoms with Crippen molar-refractivity contribution in [2.75, 3.05) is 0 Å². The largest absolute Gasteiger partial charge is 1.00 e. The molecule has 0 amide bonds. The summed E-state index contributed by atoms with van der Waals surface area (Å²) in [6, 6.07) is 30.5. The van der Waals surface area contributed by atoms with Gasteiger partial charge in [0, 0.05) is 39.0 Å². The lowest BCUT2D eigenvalue weighted by Gasteiger charge is -2.07. The molecule has 0 N–H and O–H groups in total. The molecule has 5 aromatic rings. The van der Waals surface area contributed by atoms with Crippen molar-refractivity contribution in [3.63, 3.8) is 0 Å². The molecule has 0 aliphatic heterocycles. The summed E-state index contributed by atoms with van der Waals surface area (Å²) in [6.07, 6.45) is 4.42. The minimum atomic E-state index is 0. The highest BCUT2D eigenvalue weighted by Crippen LogP contribution is 2.29. The first kappa shape index (κ1) is 19.2. The van der Waals surface area contributed by atoms with E-state index < -0.39 is 0 Å². The summed E-state index contributed by atoms with van der Waals surface area (Å²) in [4.78, 5) is 0. The Morgan fingerprint density at radius 3 is 1.97 bits per heavy atom. The number of benzene rings is 3. The van der Waals surface area contributed by atoms with Crippen LogP contribution in [0.2, 0.25) is 0 Å². The molecule has 2 aromatic heterocycles. The number of aryl methyl sites for hydroxylation is 1. The maximum absolute atomic E-state index is 2.43. The van der Waals surface area contributed by atoms with Gasteiger partial charge in [0.25, 0.3) is 0 Å². The van der Waals surface area contributed by atoms with E-state index in [-0.39, 0.29) is 12.4 Å². The fourth-order valence-electron chi connectivity index (χ4n) is 4.03. The molecule has 0 atom stereocenters. The van der Waals surface area contributed by atoms with Crippen LogP contribution in [0.25, 0.3) is 21.8 Å². The zero-order valence-corrected chi connectivity index (χ0v) is 17.2. The molecule has 0 saturated heterocycles. The number of hydrogen-bond donors (Lipinski definition) is 0. The number of hydrogen-bond acceptors (Lipinski definition) is 0. The number of rotatable bonds is 4. The number of fused-ring (bicyclic) bond motifs is 3. The van der Waals surface area contributed by atoms with Crippen LogP contribution in [0.4, 0.5) is 0 Å². The molecule has 0 saturated carbocycles. The smallest absolute Gasteiger partial charge is 0.174 e. The first-order chi connectivity index (χ1) is 13.8. The van der Waals surface area contributed by atoms with Gasteiger partial charge in [0.05, 0.1) is 6.54 Å². The van der Waals surface area contributed by atoms with Crippen molar-refractivity contribution in [2.45, 2.75) is 20.0 Å². The molecule has 0 aliphatic carbocycles. The molecule has 0 spiro atoms. The highest BCUT2D eigenvalue weighted by atomic mass is 35.5. The Kier molecular flexibility index (Phi) is 5.37. The van der Waals surface area contributed by atoms with Crippen molar-refractivity contribution >= 4 is 21.8 Å². The monoisotopic (exact) mass is 398 g/mol. The van der Waals surface area contributed by atoms with Crippen LogP contribution in [-0.4, -0.2) is 4.57 Å². The summed E-state index contributed by atoms with van der Waals surface area (Å²) in [5, 5.41) is 2.64. The second-order valence-electron chi connectivity index (χ2n) is 7.49. The van der Waals surface area contributed by atoms with E-state index in [1.807, 2.05) is 0 Å². The SMILES string of the molecule is Cc1ccc(C[n+]2cccc(Cn3c4ccccc4c4ccccc43)c2)cc1.[Cl-]. The number of aromatic nitrogens is 2. The molecule has 29 heavy (non-hydrogen) atoms. The summed E-state index contributed by atoms with van der Waals surface area (Å²) in [6.45, 7) is 3.88. The molecule has 5 rings (SSSR count). The van der Waals surface area contributed by atoms with E-state index >= 15 is 0 Å². The lowest BCUT2D eigenvalue weighted by Crippen LogP contribution is -3.00. The van der Waals surface area contributed by atoms with Crippen LogP contribution < -0.4 is 17.0 Å². The molecule has 2 heterocycles. The number of para-hydroxylation sites is 2. The van der Waals surface area contributed by atoms with Gasteiger partial charge in [-0.3, -0.25) is 0 Å². The van der Waals surface area contributed by atoms with Crippen molar-refractivity contribution in [2.24, 2.45) is 0 Å². The summed E-state index contributed by atoms with van der Waals surface area (Å²) >= 11 is 0. The molecular weight excluding hydrogens is 376 g/mol. The summed E-state index contributed by atoms with van der Waals surface area (Å²) < 4.78 is 4.70. The zero-order valence-electron chi connectivity index (χ0n) is 16.4. The van der Waals surface area contributed by atoms with Crippen LogP contribution >= 0.6 is 0 Å². The van der Waals surface area contributed by atoms with E-state index in [1.165, 1.54) is 38.5 Å². The highest BCUT2D eigenvalue weighted by molar-refractivity contribution is 6.08. The molecule has 0 bridgehead atoms. The van der Waals surface area contributed by atoms with E-state index in [0.717, 1.165) is 13.1 Å². The third-order valence-corrected chi connectivity index (χ3v) is 5.43. The molecule has 0 aliphatic rings. The first-order valence-electron chi connectivity index (χ1n) is 9.77. The molecule has 0 radical (unpaired) electrons. The summed E-state index contributed by atoms with van der Waals surface area (Å²) in [7, 11) is 0. The lowest BCUT2D eigenvalue weighted by molar-refractivity contribution is -0.688. The Labute approximate surface area is 177 Å². The predicted molar refractivity (Wildman–Crippen MR) is 115 cm³/mol. The van der Waals surface area contributed by atoms with Gasteiger partial charge in [-0.2, -0.15) is 0 Å². The number of nitrogens with zero attached hydrogens (tertiary/aromatic N) is 2. The van der Waals surface area contributed by atoms with Crippen molar-refractivity contribution in [3.8, 4) is 0 Å². The molecule has 144 valence electrons. The van der Waals surface area contributed by atoms with Crippen LogP contribution in [0.3, 0.4) is 0 Å². The van der Waals surface area contributed by atoms with Crippen LogP contribution in [-0.2, 0) is 13.1 Å². The van der Waals surface area contributed by atoms with Gasteiger partial charge in [0.2, 0.25) is 0 Å². The van der Waals surface area contributed by atoms with Gasteiger partial charge in [-0.05, 0) is 25.1 Å². The van der Waals surface area contributed by atoms with Crippen molar-refractivity contribution in [1.82, 2.24) is 4.57 Å². The van der Waals surface area contributed by atoms with Crippen molar-refractivity contribution in [1.29, 1.82) is 0 Å². The predicted octanol–water partition coefficient (Wildman–Crippen LogP) is 2.49. The van der Waals surface area contributed by atoms with E-state index in [2.05, 4.69) is 113 Å². The molecule has 2 nitrogen and oxygen atoms in total. The number of halogens is 1. The van der Waals surface area contributed by atoms with E-state index in [9.17, 15) is 0 Å². The summed E-state index contributed by atoms with van der Waals surface area (Å²) in [5.41, 5.74) is 6.51. The lowest BCUT2D eigenvalue weighted by atomic mass is 10.1. The second kappa shape index (κ2) is 8.10. The normalized spacial score (nSPS) is 10.9. The Morgan fingerprint density at radius 1 is 0.690 bits per heavy atom. The van der Waals surface area contributed by atoms with Gasteiger partial charge in [0.1, 0.15) is 0 Å². The third kappa shape index (κ3) is 3.76. The van der Waals surface area contributed by atoms with E-state index in [0.29, 0.717) is 0 Å². The Bertz CT molecular complexity index is 1220. The van der Waals surface area contributed by atoms with Gasteiger partial charge in [-0.15, -0.1) is 0 Å². The number of pyridine rings is 1. The summed E-state index contributed by atoms with van der Waals surface area (Å²) in [5.74, 6) is 0. The highest BCUT2D eigenvalue weighted by Gasteiger charge is 2.11. The molecule has 3 heteroatoms.